The highest BCUT2D eigenvalue weighted by molar-refractivity contribution is 7.79. The highest BCUT2D eigenvalue weighted by Gasteiger charge is 2.68. The second-order valence-corrected chi connectivity index (χ2v) is 13.7. The van der Waals surface area contributed by atoms with Gasteiger partial charge in [-0.25, -0.2) is 0 Å². The molecule has 6 atom stereocenters. The van der Waals surface area contributed by atoms with Crippen LogP contribution in [0.25, 0.3) is 0 Å². The van der Waals surface area contributed by atoms with E-state index >= 15 is 0 Å². The van der Waals surface area contributed by atoms with Gasteiger partial charge in [0.1, 0.15) is 14.3 Å². The average molecular weight is 380 g/mol. The molecule has 0 aromatic heterocycles. The zero-order valence-corrected chi connectivity index (χ0v) is 16.7. The summed E-state index contributed by atoms with van der Waals surface area (Å²) >= 11 is 0. The van der Waals surface area contributed by atoms with Crippen LogP contribution in [0.2, 0.25) is 0 Å². The molecule has 1 saturated heterocycles. The van der Waals surface area contributed by atoms with Gasteiger partial charge in [0.15, 0.2) is 0 Å². The molecule has 5 rings (SSSR count). The number of benzene rings is 2. The molecule has 0 radical (unpaired) electrons. The first-order chi connectivity index (χ1) is 12.5. The molecule has 0 saturated carbocycles. The molecule has 4 heteroatoms. The predicted molar refractivity (Wildman–Crippen MR) is 110 cm³/mol. The Morgan fingerprint density at radius 2 is 1.35 bits per heavy atom. The summed E-state index contributed by atoms with van der Waals surface area (Å²) in [5.74, 6) is 2.17. The van der Waals surface area contributed by atoms with E-state index in [-0.39, 0.29) is 22.9 Å². The number of rotatable bonds is 2. The average Bonchev–Trinajstić information content (AvgIpc) is 3.19. The maximum atomic E-state index is 14.4. The molecule has 2 nitrogen and oxygen atoms in total. The normalized spacial score (nSPS) is 40.2. The van der Waals surface area contributed by atoms with Crippen molar-refractivity contribution >= 4 is 24.9 Å². The largest absolute Gasteiger partial charge is 0.317 e. The van der Waals surface area contributed by atoms with E-state index in [2.05, 4.69) is 19.9 Å². The Morgan fingerprint density at radius 3 is 1.96 bits per heavy atom. The molecule has 0 amide bonds. The lowest BCUT2D eigenvalue weighted by Gasteiger charge is -2.28. The van der Waals surface area contributed by atoms with Crippen molar-refractivity contribution in [2.75, 3.05) is 0 Å². The van der Waals surface area contributed by atoms with Crippen molar-refractivity contribution in [1.29, 1.82) is 0 Å². The van der Waals surface area contributed by atoms with Crippen LogP contribution in [0.4, 0.5) is 0 Å². The minimum Gasteiger partial charge on any atom is -0.317 e. The van der Waals surface area contributed by atoms with Crippen LogP contribution in [0.15, 0.2) is 83.7 Å². The summed E-state index contributed by atoms with van der Waals surface area (Å²) < 4.78 is 28.7. The zero-order valence-electron chi connectivity index (χ0n) is 14.9. The summed E-state index contributed by atoms with van der Waals surface area (Å²) in [6, 6.07) is 19.7. The Balaban J connectivity index is 1.72. The lowest BCUT2D eigenvalue weighted by atomic mass is 9.85. The van der Waals surface area contributed by atoms with Crippen molar-refractivity contribution in [2.24, 2.45) is 5.92 Å². The molecule has 0 spiro atoms. The van der Waals surface area contributed by atoms with Gasteiger partial charge < -0.3 is 9.13 Å². The van der Waals surface area contributed by atoms with E-state index in [1.807, 2.05) is 66.5 Å². The van der Waals surface area contributed by atoms with E-state index in [0.717, 1.165) is 10.6 Å². The van der Waals surface area contributed by atoms with Gasteiger partial charge in [-0.3, -0.25) is 0 Å². The molecular weight excluding hydrogens is 358 g/mol. The smallest absolute Gasteiger partial charge is 0.140 e. The number of hydrogen-bond donors (Lipinski definition) is 0. The fourth-order valence-corrected chi connectivity index (χ4v) is 14.8. The molecule has 0 aliphatic carbocycles. The maximum absolute atomic E-state index is 14.4. The maximum Gasteiger partial charge on any atom is 0.140 e. The van der Waals surface area contributed by atoms with Crippen LogP contribution in [-0.4, -0.2) is 17.0 Å². The van der Waals surface area contributed by atoms with Gasteiger partial charge in [-0.15, -0.1) is 0 Å². The molecular formula is C22H22O2P2. The molecule has 26 heavy (non-hydrogen) atoms. The van der Waals surface area contributed by atoms with Crippen molar-refractivity contribution in [3.05, 3.63) is 83.7 Å². The predicted octanol–water partition coefficient (Wildman–Crippen LogP) is 4.98. The van der Waals surface area contributed by atoms with Gasteiger partial charge in [-0.05, 0) is 19.7 Å². The van der Waals surface area contributed by atoms with E-state index in [1.165, 1.54) is 11.1 Å². The fourth-order valence-electron chi connectivity index (χ4n) is 5.57. The van der Waals surface area contributed by atoms with E-state index in [0.29, 0.717) is 0 Å². The number of fused-ring (bicyclic) bond motifs is 5. The van der Waals surface area contributed by atoms with E-state index in [9.17, 15) is 9.13 Å². The third-order valence-electron chi connectivity index (χ3n) is 6.50. The van der Waals surface area contributed by atoms with Gasteiger partial charge in [0, 0.05) is 33.5 Å². The molecule has 0 N–H and O–H groups in total. The van der Waals surface area contributed by atoms with Gasteiger partial charge in [0.05, 0.1) is 0 Å². The summed E-state index contributed by atoms with van der Waals surface area (Å²) in [6.45, 7) is 4.19. The highest BCUT2D eigenvalue weighted by Crippen LogP contribution is 2.81. The van der Waals surface area contributed by atoms with Gasteiger partial charge in [0.25, 0.3) is 0 Å². The fraction of sp³-hybridized carbons (Fsp3) is 0.273. The topological polar surface area (TPSA) is 34.1 Å². The molecule has 1 fully saturated rings. The van der Waals surface area contributed by atoms with Gasteiger partial charge >= 0.3 is 0 Å². The first kappa shape index (κ1) is 16.5. The van der Waals surface area contributed by atoms with Crippen molar-refractivity contribution in [3.63, 3.8) is 0 Å². The highest BCUT2D eigenvalue weighted by atomic mass is 31.2. The lowest BCUT2D eigenvalue weighted by Crippen LogP contribution is -2.30. The monoisotopic (exact) mass is 380 g/mol. The SMILES string of the molecule is CC1=CP(=O)(c2ccccc2)C2C1C1C(C)=CC2P1(=O)c1ccccc1. The van der Waals surface area contributed by atoms with Gasteiger partial charge in [-0.1, -0.05) is 77.9 Å². The van der Waals surface area contributed by atoms with E-state index in [4.69, 9.17) is 0 Å². The van der Waals surface area contributed by atoms with Crippen molar-refractivity contribution < 1.29 is 9.13 Å². The Hall–Kier alpha value is -1.62. The van der Waals surface area contributed by atoms with Crippen LogP contribution < -0.4 is 10.6 Å². The van der Waals surface area contributed by atoms with Crippen LogP contribution in [0.1, 0.15) is 13.8 Å². The number of hydrogen-bond acceptors (Lipinski definition) is 2. The van der Waals surface area contributed by atoms with Crippen molar-refractivity contribution in [2.45, 2.75) is 30.8 Å². The minimum absolute atomic E-state index is 0.00990. The van der Waals surface area contributed by atoms with E-state index < -0.39 is 14.3 Å². The molecule has 3 aliphatic rings. The third kappa shape index (κ3) is 1.90. The molecule has 2 aromatic rings. The molecule has 2 aromatic carbocycles. The Kier molecular flexibility index (Phi) is 3.46. The lowest BCUT2D eigenvalue weighted by molar-refractivity contribution is 0.552. The van der Waals surface area contributed by atoms with Gasteiger partial charge in [-0.2, -0.15) is 0 Å². The zero-order chi connectivity index (χ0) is 18.1. The Bertz CT molecular complexity index is 1040. The standard InChI is InChI=1S/C22H22O2P2/c1-15-13-19-22-20(21(15)26(19,24)18-11-7-4-8-12-18)16(2)14-25(22,23)17-9-5-3-6-10-17/h3-14,19-22H,1-2H3. The van der Waals surface area contributed by atoms with Crippen LogP contribution in [0.3, 0.4) is 0 Å². The van der Waals surface area contributed by atoms with Crippen LogP contribution in [0.5, 0.6) is 0 Å². The van der Waals surface area contributed by atoms with Crippen molar-refractivity contribution in [1.82, 2.24) is 0 Å². The summed E-state index contributed by atoms with van der Waals surface area (Å²) in [5.41, 5.74) is 2.23. The summed E-state index contributed by atoms with van der Waals surface area (Å²) in [5, 5.41) is 1.86. The quantitative estimate of drug-likeness (QED) is 0.544. The molecule has 132 valence electrons. The Morgan fingerprint density at radius 1 is 0.769 bits per heavy atom. The first-order valence-corrected chi connectivity index (χ1v) is 12.8. The molecule has 6 unspecified atom stereocenters. The molecule has 2 bridgehead atoms. The first-order valence-electron chi connectivity index (χ1n) is 9.15. The summed E-state index contributed by atoms with van der Waals surface area (Å²) in [6.07, 6.45) is 2.18. The third-order valence-corrected chi connectivity index (χ3v) is 14.2. The summed E-state index contributed by atoms with van der Waals surface area (Å²) in [4.78, 5) is 0. The Labute approximate surface area is 154 Å². The van der Waals surface area contributed by atoms with Crippen LogP contribution in [0, 0.1) is 5.92 Å². The molecule has 3 aliphatic heterocycles. The van der Waals surface area contributed by atoms with Crippen LogP contribution in [-0.2, 0) is 9.13 Å². The summed E-state index contributed by atoms with van der Waals surface area (Å²) in [7, 11) is -5.40. The second kappa shape index (κ2) is 5.44. The minimum atomic E-state index is -2.73. The van der Waals surface area contributed by atoms with Crippen molar-refractivity contribution in [3.8, 4) is 0 Å². The van der Waals surface area contributed by atoms with Gasteiger partial charge in [0.2, 0.25) is 0 Å². The number of allylic oxidation sites excluding steroid dienone is 3. The second-order valence-electron chi connectivity index (χ2n) is 7.83. The molecule has 3 heterocycles. The van der Waals surface area contributed by atoms with E-state index in [1.54, 1.807) is 0 Å². The van der Waals surface area contributed by atoms with Crippen LogP contribution >= 0.6 is 14.3 Å².